The van der Waals surface area contributed by atoms with Crippen LogP contribution in [0.1, 0.15) is 54.6 Å². The number of methoxy groups -OCH3 is 2. The number of alkyl halides is 7. The zero-order valence-corrected chi connectivity index (χ0v) is 19.8. The van der Waals surface area contributed by atoms with Crippen molar-refractivity contribution in [1.29, 1.82) is 0 Å². The van der Waals surface area contributed by atoms with Gasteiger partial charge < -0.3 is 14.2 Å². The topological polar surface area (TPSA) is 48.0 Å². The van der Waals surface area contributed by atoms with Crippen molar-refractivity contribution >= 4 is 11.8 Å². The van der Waals surface area contributed by atoms with E-state index in [1.807, 2.05) is 0 Å². The van der Waals surface area contributed by atoms with E-state index in [2.05, 4.69) is 0 Å². The number of carbonyl (C=O) groups excluding carboxylic acids is 1. The van der Waals surface area contributed by atoms with E-state index >= 15 is 4.39 Å². The van der Waals surface area contributed by atoms with Gasteiger partial charge >= 0.3 is 18.4 Å². The molecule has 0 aliphatic carbocycles. The molecule has 36 heavy (non-hydrogen) atoms. The van der Waals surface area contributed by atoms with Crippen LogP contribution in [0, 0.1) is 0 Å². The number of amides is 1. The minimum absolute atomic E-state index is 0.0459. The maximum Gasteiger partial charge on any atom is 0.416 e. The van der Waals surface area contributed by atoms with E-state index in [1.165, 1.54) is 31.3 Å². The van der Waals surface area contributed by atoms with Crippen LogP contribution in [0.25, 0.3) is 0 Å². The Labute approximate surface area is 202 Å². The second kappa shape index (κ2) is 10.1. The molecule has 0 fully saturated rings. The highest BCUT2D eigenvalue weighted by molar-refractivity contribution is 5.91. The van der Waals surface area contributed by atoms with Crippen LogP contribution in [0.3, 0.4) is 0 Å². The lowest BCUT2D eigenvalue weighted by Crippen LogP contribution is -2.44. The van der Waals surface area contributed by atoms with Crippen molar-refractivity contribution in [2.75, 3.05) is 25.7 Å². The lowest BCUT2D eigenvalue weighted by molar-refractivity contribution is -0.143. The monoisotopic (exact) mass is 523 g/mol. The molecule has 198 valence electrons. The minimum atomic E-state index is -5.12. The number of anilines is 1. The molecule has 0 saturated heterocycles. The first-order chi connectivity index (χ1) is 16.7. The first kappa shape index (κ1) is 27.4. The molecule has 1 heterocycles. The summed E-state index contributed by atoms with van der Waals surface area (Å²) >= 11 is 0. The average molecular weight is 523 g/mol. The van der Waals surface area contributed by atoms with Crippen LogP contribution in [-0.2, 0) is 17.1 Å². The van der Waals surface area contributed by atoms with Crippen LogP contribution in [0.2, 0.25) is 0 Å². The van der Waals surface area contributed by atoms with Crippen LogP contribution >= 0.6 is 0 Å². The van der Waals surface area contributed by atoms with Gasteiger partial charge in [0, 0.05) is 18.0 Å². The number of carbonyl (C=O) groups is 1. The molecule has 2 aromatic rings. The Bertz CT molecular complexity index is 1080. The number of fused-ring (bicyclic) bond motifs is 1. The molecule has 5 nitrogen and oxygen atoms in total. The third kappa shape index (κ3) is 5.31. The Balaban J connectivity index is 2.20. The summed E-state index contributed by atoms with van der Waals surface area (Å²) in [5.41, 5.74) is -3.70. The van der Waals surface area contributed by atoms with Crippen molar-refractivity contribution in [2.24, 2.45) is 0 Å². The first-order valence-corrected chi connectivity index (χ1v) is 10.9. The number of ether oxygens (including phenoxy) is 3. The van der Waals surface area contributed by atoms with Gasteiger partial charge in [-0.3, -0.25) is 4.90 Å². The summed E-state index contributed by atoms with van der Waals surface area (Å²) in [6, 6.07) is 2.76. The van der Waals surface area contributed by atoms with Gasteiger partial charge in [-0.2, -0.15) is 26.3 Å². The number of nitrogens with zero attached hydrogens (tertiary/aromatic N) is 1. The lowest BCUT2D eigenvalue weighted by atomic mass is 9.80. The SMILES string of the molecule is CCOC(=O)N1c2cc(OC)c(OC)cc2[C@H]([C@H](F)c2cc(C(F)(F)F)cc(C(F)(F)F)c2)C[C@@H]1C. The smallest absolute Gasteiger partial charge is 0.416 e. The maximum absolute atomic E-state index is 16.0. The summed E-state index contributed by atoms with van der Waals surface area (Å²) in [4.78, 5) is 13.9. The summed E-state index contributed by atoms with van der Waals surface area (Å²) in [6.45, 7) is 3.21. The van der Waals surface area contributed by atoms with Gasteiger partial charge in [-0.1, -0.05) is 0 Å². The third-order valence-electron chi connectivity index (χ3n) is 5.97. The lowest BCUT2D eigenvalue weighted by Gasteiger charge is -2.40. The summed E-state index contributed by atoms with van der Waals surface area (Å²) in [7, 11) is 2.64. The van der Waals surface area contributed by atoms with Crippen LogP contribution < -0.4 is 14.4 Å². The van der Waals surface area contributed by atoms with E-state index in [0.29, 0.717) is 12.1 Å². The molecule has 0 saturated carbocycles. The van der Waals surface area contributed by atoms with E-state index in [4.69, 9.17) is 14.2 Å². The van der Waals surface area contributed by atoms with Crippen LogP contribution in [0.15, 0.2) is 30.3 Å². The van der Waals surface area contributed by atoms with Gasteiger partial charge in [-0.05, 0) is 55.7 Å². The fraction of sp³-hybridized carbons (Fsp3) is 0.458. The first-order valence-electron chi connectivity index (χ1n) is 10.9. The van der Waals surface area contributed by atoms with Crippen molar-refractivity contribution in [1.82, 2.24) is 0 Å². The van der Waals surface area contributed by atoms with Gasteiger partial charge in [-0.15, -0.1) is 0 Å². The van der Waals surface area contributed by atoms with Gasteiger partial charge in [0.1, 0.15) is 6.17 Å². The van der Waals surface area contributed by atoms with E-state index < -0.39 is 53.3 Å². The Morgan fingerprint density at radius 2 is 1.50 bits per heavy atom. The van der Waals surface area contributed by atoms with E-state index in [0.717, 1.165) is 0 Å². The Morgan fingerprint density at radius 1 is 0.972 bits per heavy atom. The van der Waals surface area contributed by atoms with Crippen LogP contribution in [0.5, 0.6) is 11.5 Å². The highest BCUT2D eigenvalue weighted by atomic mass is 19.4. The number of benzene rings is 2. The molecular formula is C24H24F7NO4. The molecule has 1 aliphatic rings. The van der Waals surface area contributed by atoms with Crippen LogP contribution in [0.4, 0.5) is 41.2 Å². The quantitative estimate of drug-likeness (QED) is 0.386. The number of rotatable bonds is 5. The zero-order valence-electron chi connectivity index (χ0n) is 19.8. The highest BCUT2D eigenvalue weighted by Gasteiger charge is 2.42. The summed E-state index contributed by atoms with van der Waals surface area (Å²) in [6.07, 6.45) is -13.4. The predicted octanol–water partition coefficient (Wildman–Crippen LogP) is 7.29. The van der Waals surface area contributed by atoms with Gasteiger partial charge in [0.25, 0.3) is 0 Å². The largest absolute Gasteiger partial charge is 0.493 e. The molecule has 2 aromatic carbocycles. The minimum Gasteiger partial charge on any atom is -0.493 e. The number of halogens is 7. The maximum atomic E-state index is 16.0. The second-order valence-electron chi connectivity index (χ2n) is 8.27. The van der Waals surface area contributed by atoms with Crippen molar-refractivity contribution in [3.8, 4) is 11.5 Å². The molecule has 1 amide bonds. The molecule has 0 N–H and O–H groups in total. The summed E-state index contributed by atoms with van der Waals surface area (Å²) in [5, 5.41) is 0. The standard InChI is InChI=1S/C24H24F7NO4/c1-5-36-22(33)32-12(2)6-17(16-10-19(34-3)20(35-4)11-18(16)32)21(25)13-7-14(23(26,27)28)9-15(8-13)24(29,30)31/h7-12,17,21H,5-6H2,1-4H3/t12-,17+,21+/m0/s1. The van der Waals surface area contributed by atoms with Crippen molar-refractivity contribution in [2.45, 2.75) is 50.8 Å². The fourth-order valence-corrected chi connectivity index (χ4v) is 4.35. The number of hydrogen-bond donors (Lipinski definition) is 0. The van der Waals surface area contributed by atoms with Crippen molar-refractivity contribution in [3.63, 3.8) is 0 Å². The van der Waals surface area contributed by atoms with Gasteiger partial charge in [0.15, 0.2) is 11.5 Å². The van der Waals surface area contributed by atoms with Gasteiger partial charge in [-0.25, -0.2) is 9.18 Å². The van der Waals surface area contributed by atoms with E-state index in [-0.39, 0.29) is 41.8 Å². The normalized spacial score (nSPS) is 18.9. The molecule has 1 aliphatic heterocycles. The Kier molecular flexibility index (Phi) is 7.66. The zero-order chi connectivity index (χ0) is 27.0. The molecule has 0 radical (unpaired) electrons. The molecular weight excluding hydrogens is 499 g/mol. The summed E-state index contributed by atoms with van der Waals surface area (Å²) < 4.78 is 112. The molecule has 0 bridgehead atoms. The predicted molar refractivity (Wildman–Crippen MR) is 116 cm³/mol. The molecule has 0 unspecified atom stereocenters. The van der Waals surface area contributed by atoms with Gasteiger partial charge in [0.05, 0.1) is 37.6 Å². The molecule has 0 spiro atoms. The van der Waals surface area contributed by atoms with E-state index in [9.17, 15) is 31.1 Å². The molecule has 3 atom stereocenters. The highest BCUT2D eigenvalue weighted by Crippen LogP contribution is 2.51. The van der Waals surface area contributed by atoms with E-state index in [1.54, 1.807) is 13.8 Å². The van der Waals surface area contributed by atoms with Crippen LogP contribution in [-0.4, -0.2) is 33.0 Å². The number of hydrogen-bond acceptors (Lipinski definition) is 4. The Morgan fingerprint density at radius 3 is 1.97 bits per heavy atom. The second-order valence-corrected chi connectivity index (χ2v) is 8.27. The van der Waals surface area contributed by atoms with Crippen molar-refractivity contribution < 1.29 is 49.7 Å². The third-order valence-corrected chi connectivity index (χ3v) is 5.97. The molecule has 12 heteroatoms. The van der Waals surface area contributed by atoms with Crippen molar-refractivity contribution in [3.05, 3.63) is 52.6 Å². The molecule has 3 rings (SSSR count). The average Bonchev–Trinajstić information content (AvgIpc) is 2.80. The summed E-state index contributed by atoms with van der Waals surface area (Å²) in [5.74, 6) is -0.871. The molecule has 0 aromatic heterocycles. The Hall–Kier alpha value is -3.18. The van der Waals surface area contributed by atoms with Gasteiger partial charge in [0.2, 0.25) is 0 Å². The fourth-order valence-electron chi connectivity index (χ4n) is 4.35.